The van der Waals surface area contributed by atoms with Gasteiger partial charge in [0.1, 0.15) is 5.82 Å². The topological polar surface area (TPSA) is 15.3 Å². The minimum absolute atomic E-state index is 0.133. The zero-order valence-electron chi connectivity index (χ0n) is 12.0. The van der Waals surface area contributed by atoms with Gasteiger partial charge in [0.05, 0.1) is 0 Å². The molecule has 2 nitrogen and oxygen atoms in total. The van der Waals surface area contributed by atoms with Crippen molar-refractivity contribution in [1.82, 2.24) is 0 Å². The summed E-state index contributed by atoms with van der Waals surface area (Å²) in [6, 6.07) is 13.7. The Morgan fingerprint density at radius 2 is 2.10 bits per heavy atom. The molecule has 2 aliphatic heterocycles. The fourth-order valence-electron chi connectivity index (χ4n) is 3.61. The first-order valence-electron chi connectivity index (χ1n) is 7.67. The molecule has 0 spiro atoms. The number of hydrogen-bond acceptors (Lipinski definition) is 2. The van der Waals surface area contributed by atoms with E-state index >= 15 is 0 Å². The monoisotopic (exact) mass is 282 g/mol. The molecule has 108 valence electrons. The van der Waals surface area contributed by atoms with Gasteiger partial charge in [-0.2, -0.15) is 0 Å². The van der Waals surface area contributed by atoms with Crippen molar-refractivity contribution in [3.05, 3.63) is 59.4 Å². The zero-order valence-corrected chi connectivity index (χ0v) is 12.0. The molecule has 2 heterocycles. The first-order chi connectivity index (χ1) is 10.3. The summed E-state index contributed by atoms with van der Waals surface area (Å²) in [5.74, 6) is 0.392. The Kier molecular flexibility index (Phi) is 3.06. The van der Waals surface area contributed by atoms with Crippen LogP contribution in [0.1, 0.15) is 23.5 Å². The molecule has 2 aromatic rings. The summed E-state index contributed by atoms with van der Waals surface area (Å²) in [5, 5.41) is 3.47. The summed E-state index contributed by atoms with van der Waals surface area (Å²) < 4.78 is 13.5. The first kappa shape index (κ1) is 12.7. The van der Waals surface area contributed by atoms with Crippen LogP contribution in [0.15, 0.2) is 42.5 Å². The fraction of sp³-hybridized carbons (Fsp3) is 0.333. The molecule has 0 fully saturated rings. The van der Waals surface area contributed by atoms with Crippen molar-refractivity contribution in [1.29, 1.82) is 0 Å². The van der Waals surface area contributed by atoms with Crippen molar-refractivity contribution in [3.8, 4) is 0 Å². The molecule has 4 rings (SSSR count). The molecule has 1 atom stereocenters. The molecule has 0 saturated heterocycles. The Morgan fingerprint density at radius 3 is 3.05 bits per heavy atom. The van der Waals surface area contributed by atoms with E-state index in [1.807, 2.05) is 6.07 Å². The normalized spacial score (nSPS) is 19.9. The molecular formula is C18H19FN2. The van der Waals surface area contributed by atoms with Crippen molar-refractivity contribution in [2.45, 2.75) is 18.8 Å². The highest BCUT2D eigenvalue weighted by Crippen LogP contribution is 2.35. The van der Waals surface area contributed by atoms with Gasteiger partial charge in [0.15, 0.2) is 0 Å². The predicted octanol–water partition coefficient (Wildman–Crippen LogP) is 3.79. The van der Waals surface area contributed by atoms with Crippen LogP contribution in [0.25, 0.3) is 0 Å². The summed E-state index contributed by atoms with van der Waals surface area (Å²) in [6.45, 7) is 3.01. The van der Waals surface area contributed by atoms with Crippen LogP contribution in [0.4, 0.5) is 15.8 Å². The Balaban J connectivity index is 1.60. The predicted molar refractivity (Wildman–Crippen MR) is 84.6 cm³/mol. The standard InChI is InChI=1S/C18H19FN2/c19-15-6-5-13-8-10-21(18(13)11-15)12-14-7-9-20-17-4-2-1-3-16(14)17/h1-6,11,14,20H,7-10,12H2. The van der Waals surface area contributed by atoms with Gasteiger partial charge >= 0.3 is 0 Å². The number of rotatable bonds is 2. The fourth-order valence-corrected chi connectivity index (χ4v) is 3.61. The SMILES string of the molecule is Fc1ccc2c(c1)N(CC1CCNc3ccccc31)CC2. The van der Waals surface area contributed by atoms with Crippen LogP contribution in [-0.4, -0.2) is 19.6 Å². The number of halogens is 1. The van der Waals surface area contributed by atoms with Gasteiger partial charge in [-0.3, -0.25) is 0 Å². The number of fused-ring (bicyclic) bond motifs is 2. The smallest absolute Gasteiger partial charge is 0.125 e. The Hall–Kier alpha value is -2.03. The van der Waals surface area contributed by atoms with Crippen LogP contribution in [0, 0.1) is 5.82 Å². The van der Waals surface area contributed by atoms with Gasteiger partial charge in [0.2, 0.25) is 0 Å². The molecule has 2 aliphatic rings. The summed E-state index contributed by atoms with van der Waals surface area (Å²) in [7, 11) is 0. The third kappa shape index (κ3) is 2.27. The van der Waals surface area contributed by atoms with Gasteiger partial charge in [-0.05, 0) is 42.2 Å². The van der Waals surface area contributed by atoms with Gasteiger partial charge in [0.25, 0.3) is 0 Å². The molecule has 3 heteroatoms. The number of anilines is 2. The van der Waals surface area contributed by atoms with Crippen molar-refractivity contribution in [2.24, 2.45) is 0 Å². The lowest BCUT2D eigenvalue weighted by Crippen LogP contribution is -2.30. The van der Waals surface area contributed by atoms with Crippen LogP contribution in [0.2, 0.25) is 0 Å². The van der Waals surface area contributed by atoms with E-state index in [4.69, 9.17) is 0 Å². The van der Waals surface area contributed by atoms with Crippen molar-refractivity contribution >= 4 is 11.4 Å². The molecule has 0 bridgehead atoms. The first-order valence-corrected chi connectivity index (χ1v) is 7.67. The maximum atomic E-state index is 13.5. The highest BCUT2D eigenvalue weighted by molar-refractivity contribution is 5.60. The van der Waals surface area contributed by atoms with Gasteiger partial charge < -0.3 is 10.2 Å². The quantitative estimate of drug-likeness (QED) is 0.901. The molecule has 0 saturated carbocycles. The lowest BCUT2D eigenvalue weighted by Gasteiger charge is -2.31. The lowest BCUT2D eigenvalue weighted by atomic mass is 9.90. The maximum Gasteiger partial charge on any atom is 0.125 e. The molecule has 21 heavy (non-hydrogen) atoms. The summed E-state index contributed by atoms with van der Waals surface area (Å²) in [4.78, 5) is 2.35. The Labute approximate surface area is 124 Å². The van der Waals surface area contributed by atoms with Gasteiger partial charge in [-0.25, -0.2) is 4.39 Å². The second kappa shape index (κ2) is 5.06. The molecule has 0 aromatic heterocycles. The van der Waals surface area contributed by atoms with Crippen LogP contribution in [0.3, 0.4) is 0 Å². The van der Waals surface area contributed by atoms with Crippen molar-refractivity contribution < 1.29 is 4.39 Å². The average molecular weight is 282 g/mol. The van der Waals surface area contributed by atoms with Gasteiger partial charge in [-0.1, -0.05) is 24.3 Å². The number of benzene rings is 2. The minimum atomic E-state index is -0.133. The van der Waals surface area contributed by atoms with E-state index in [1.165, 1.54) is 16.8 Å². The van der Waals surface area contributed by atoms with E-state index in [9.17, 15) is 4.39 Å². The van der Waals surface area contributed by atoms with E-state index in [0.717, 1.165) is 38.2 Å². The third-order valence-electron chi connectivity index (χ3n) is 4.69. The number of hydrogen-bond donors (Lipinski definition) is 1. The minimum Gasteiger partial charge on any atom is -0.385 e. The van der Waals surface area contributed by atoms with Gasteiger partial charge in [0, 0.05) is 36.9 Å². The Bertz CT molecular complexity index is 668. The second-order valence-electron chi connectivity index (χ2n) is 5.97. The van der Waals surface area contributed by atoms with Crippen LogP contribution in [0.5, 0.6) is 0 Å². The van der Waals surface area contributed by atoms with E-state index in [0.29, 0.717) is 5.92 Å². The highest BCUT2D eigenvalue weighted by Gasteiger charge is 2.26. The third-order valence-corrected chi connectivity index (χ3v) is 4.69. The zero-order chi connectivity index (χ0) is 14.2. The lowest BCUT2D eigenvalue weighted by molar-refractivity contribution is 0.604. The van der Waals surface area contributed by atoms with Crippen molar-refractivity contribution in [3.63, 3.8) is 0 Å². The van der Waals surface area contributed by atoms with E-state index in [2.05, 4.69) is 34.5 Å². The number of nitrogens with zero attached hydrogens (tertiary/aromatic N) is 1. The molecular weight excluding hydrogens is 263 g/mol. The van der Waals surface area contributed by atoms with Gasteiger partial charge in [-0.15, -0.1) is 0 Å². The van der Waals surface area contributed by atoms with Crippen LogP contribution < -0.4 is 10.2 Å². The molecule has 1 N–H and O–H groups in total. The summed E-state index contributed by atoms with van der Waals surface area (Å²) >= 11 is 0. The molecule has 1 unspecified atom stereocenters. The molecule has 2 aromatic carbocycles. The summed E-state index contributed by atoms with van der Waals surface area (Å²) in [6.07, 6.45) is 2.17. The van der Waals surface area contributed by atoms with E-state index in [-0.39, 0.29) is 5.82 Å². The number of nitrogens with one attached hydrogen (secondary N) is 1. The highest BCUT2D eigenvalue weighted by atomic mass is 19.1. The second-order valence-corrected chi connectivity index (χ2v) is 5.97. The number of para-hydroxylation sites is 1. The molecule has 0 amide bonds. The van der Waals surface area contributed by atoms with Crippen LogP contribution in [-0.2, 0) is 6.42 Å². The average Bonchev–Trinajstić information content (AvgIpc) is 2.90. The Morgan fingerprint density at radius 1 is 1.19 bits per heavy atom. The summed E-state index contributed by atoms with van der Waals surface area (Å²) in [5.41, 5.74) is 5.02. The molecule has 0 aliphatic carbocycles. The molecule has 0 radical (unpaired) electrons. The van der Waals surface area contributed by atoms with E-state index < -0.39 is 0 Å². The van der Waals surface area contributed by atoms with Crippen molar-refractivity contribution in [2.75, 3.05) is 29.9 Å². The van der Waals surface area contributed by atoms with Crippen LogP contribution >= 0.6 is 0 Å². The largest absolute Gasteiger partial charge is 0.385 e. The maximum absolute atomic E-state index is 13.5. The van der Waals surface area contributed by atoms with E-state index in [1.54, 1.807) is 12.1 Å².